The van der Waals surface area contributed by atoms with Gasteiger partial charge in [-0.05, 0) is 156 Å². The average molecular weight is 917 g/mol. The van der Waals surface area contributed by atoms with Crippen molar-refractivity contribution in [1.82, 2.24) is 0 Å². The predicted molar refractivity (Wildman–Crippen MR) is 296 cm³/mol. The molecule has 0 atom stereocenters. The maximum absolute atomic E-state index is 7.30. The molecular weight excluding hydrogens is 853 g/mol. The summed E-state index contributed by atoms with van der Waals surface area (Å²) in [6.45, 7) is 23.0. The van der Waals surface area contributed by atoms with Gasteiger partial charge in [0.1, 0.15) is 22.3 Å². The number of rotatable bonds is 6. The Balaban J connectivity index is 1.17. The van der Waals surface area contributed by atoms with E-state index in [0.29, 0.717) is 0 Å². The van der Waals surface area contributed by atoms with E-state index in [0.717, 1.165) is 133 Å². The lowest BCUT2D eigenvalue weighted by molar-refractivity contribution is 0.590. The number of allylic oxidation sites excluding steroid dienone is 4. The fourth-order valence-electron chi connectivity index (χ4n) is 11.8. The van der Waals surface area contributed by atoms with E-state index in [1.165, 1.54) is 39.8 Å². The topological polar surface area (TPSA) is 32.8 Å². The van der Waals surface area contributed by atoms with Crippen LogP contribution in [0, 0.1) is 0 Å². The van der Waals surface area contributed by atoms with E-state index in [9.17, 15) is 0 Å². The molecule has 70 heavy (non-hydrogen) atoms. The molecule has 0 amide bonds. The van der Waals surface area contributed by atoms with Crippen LogP contribution in [0.2, 0.25) is 0 Å². The second kappa shape index (κ2) is 16.3. The minimum Gasteiger partial charge on any atom is -0.455 e. The van der Waals surface area contributed by atoms with E-state index in [1.807, 2.05) is 0 Å². The second-order valence-electron chi connectivity index (χ2n) is 22.8. The first-order valence-electron chi connectivity index (χ1n) is 25.6. The maximum Gasteiger partial charge on any atom is 0.145 e. The number of hydrogen-bond acceptors (Lipinski definition) is 4. The number of para-hydroxylation sites is 2. The lowest BCUT2D eigenvalue weighted by Crippen LogP contribution is -2.20. The quantitative estimate of drug-likeness (QED) is 0.166. The van der Waals surface area contributed by atoms with Gasteiger partial charge < -0.3 is 18.6 Å². The van der Waals surface area contributed by atoms with E-state index >= 15 is 0 Å². The van der Waals surface area contributed by atoms with Crippen molar-refractivity contribution < 1.29 is 8.83 Å². The highest BCUT2D eigenvalue weighted by molar-refractivity contribution is 6.24. The molecular formula is C66H64N2O2. The van der Waals surface area contributed by atoms with Gasteiger partial charge in [0, 0.05) is 50.1 Å². The highest BCUT2D eigenvalue weighted by Crippen LogP contribution is 2.60. The van der Waals surface area contributed by atoms with E-state index in [-0.39, 0.29) is 10.8 Å². The normalized spacial score (nSPS) is 17.0. The van der Waals surface area contributed by atoms with Crippen molar-refractivity contribution in [2.75, 3.05) is 9.80 Å². The van der Waals surface area contributed by atoms with Gasteiger partial charge in [-0.1, -0.05) is 146 Å². The van der Waals surface area contributed by atoms with Gasteiger partial charge in [0.25, 0.3) is 0 Å². The first-order chi connectivity index (χ1) is 33.6. The molecule has 9 aromatic rings. The highest BCUT2D eigenvalue weighted by Gasteiger charge is 2.43. The molecule has 0 radical (unpaired) electrons. The summed E-state index contributed by atoms with van der Waals surface area (Å²) in [6, 6.07) is 47.8. The third-order valence-corrected chi connectivity index (χ3v) is 15.7. The van der Waals surface area contributed by atoms with E-state index in [2.05, 4.69) is 217 Å². The first-order valence-corrected chi connectivity index (χ1v) is 25.6. The molecule has 350 valence electrons. The number of fused-ring (bicyclic) bond motifs is 12. The molecule has 7 aromatic carbocycles. The number of anilines is 5. The number of hydrogen-bond donors (Lipinski definition) is 0. The van der Waals surface area contributed by atoms with Crippen LogP contribution in [0.4, 0.5) is 28.4 Å². The summed E-state index contributed by atoms with van der Waals surface area (Å²) in [7, 11) is 0. The Kier molecular flexibility index (Phi) is 10.3. The van der Waals surface area contributed by atoms with Crippen LogP contribution in [0.3, 0.4) is 0 Å². The molecule has 4 heteroatoms. The lowest BCUT2D eigenvalue weighted by Gasteiger charge is -2.31. The van der Waals surface area contributed by atoms with Gasteiger partial charge >= 0.3 is 0 Å². The molecule has 0 spiro atoms. The van der Waals surface area contributed by atoms with Crippen molar-refractivity contribution in [1.29, 1.82) is 0 Å². The Labute approximate surface area is 413 Å². The smallest absolute Gasteiger partial charge is 0.145 e. The van der Waals surface area contributed by atoms with Gasteiger partial charge in [-0.3, -0.25) is 0 Å². The van der Waals surface area contributed by atoms with Crippen LogP contribution in [-0.4, -0.2) is 0 Å². The molecule has 0 unspecified atom stereocenters. The van der Waals surface area contributed by atoms with Crippen molar-refractivity contribution in [2.45, 2.75) is 117 Å². The van der Waals surface area contributed by atoms with Crippen molar-refractivity contribution in [3.63, 3.8) is 0 Å². The van der Waals surface area contributed by atoms with Crippen LogP contribution in [0.25, 0.3) is 55.0 Å². The van der Waals surface area contributed by atoms with E-state index in [4.69, 9.17) is 8.83 Å². The van der Waals surface area contributed by atoms with Crippen LogP contribution in [-0.2, 0) is 29.1 Å². The Morgan fingerprint density at radius 1 is 0.514 bits per heavy atom. The van der Waals surface area contributed by atoms with Gasteiger partial charge in [-0.15, -0.1) is 0 Å². The van der Waals surface area contributed by atoms with Crippen LogP contribution < -0.4 is 9.80 Å². The summed E-state index contributed by atoms with van der Waals surface area (Å²) >= 11 is 0. The highest BCUT2D eigenvalue weighted by atomic mass is 16.3. The fourth-order valence-corrected chi connectivity index (χ4v) is 11.8. The number of aryl methyl sites for hydroxylation is 2. The van der Waals surface area contributed by atoms with Crippen molar-refractivity contribution in [2.24, 2.45) is 0 Å². The lowest BCUT2D eigenvalue weighted by atomic mass is 9.81. The molecule has 0 fully saturated rings. The minimum absolute atomic E-state index is 0.0165. The zero-order valence-electron chi connectivity index (χ0n) is 42.2. The monoisotopic (exact) mass is 916 g/mol. The molecule has 0 saturated carbocycles. The molecule has 0 bridgehead atoms. The van der Waals surface area contributed by atoms with Crippen molar-refractivity contribution >= 4 is 72.3 Å². The molecule has 0 saturated heterocycles. The molecule has 0 aliphatic heterocycles. The Hall–Kier alpha value is -7.04. The Bertz CT molecular complexity index is 3630. The zero-order chi connectivity index (χ0) is 48.3. The summed E-state index contributed by atoms with van der Waals surface area (Å²) < 4.78 is 14.6. The van der Waals surface area contributed by atoms with Gasteiger partial charge in [-0.2, -0.15) is 0 Å². The molecule has 12 rings (SSSR count). The van der Waals surface area contributed by atoms with E-state index < -0.39 is 5.41 Å². The molecule has 4 nitrogen and oxygen atoms in total. The number of furan rings is 2. The summed E-state index contributed by atoms with van der Waals surface area (Å²) in [5.41, 5.74) is 21.2. The molecule has 2 aromatic heterocycles. The molecule has 3 aliphatic rings. The minimum atomic E-state index is -0.465. The molecule has 3 aliphatic carbocycles. The first kappa shape index (κ1) is 44.2. The van der Waals surface area contributed by atoms with Crippen LogP contribution >= 0.6 is 0 Å². The predicted octanol–water partition coefficient (Wildman–Crippen LogP) is 19.1. The summed E-state index contributed by atoms with van der Waals surface area (Å²) in [5.74, 6) is 0. The second-order valence-corrected chi connectivity index (χ2v) is 22.8. The maximum atomic E-state index is 7.30. The Morgan fingerprint density at radius 3 is 1.60 bits per heavy atom. The summed E-state index contributed by atoms with van der Waals surface area (Å²) in [4.78, 5) is 4.99. The van der Waals surface area contributed by atoms with Crippen molar-refractivity contribution in [3.05, 3.63) is 197 Å². The summed E-state index contributed by atoms with van der Waals surface area (Å²) in [6.07, 6.45) is 14.6. The average Bonchev–Trinajstić information content (AvgIpc) is 4.13. The third kappa shape index (κ3) is 7.16. The van der Waals surface area contributed by atoms with Gasteiger partial charge in [0.2, 0.25) is 0 Å². The third-order valence-electron chi connectivity index (χ3n) is 15.7. The van der Waals surface area contributed by atoms with Crippen LogP contribution in [0.1, 0.15) is 121 Å². The van der Waals surface area contributed by atoms with Gasteiger partial charge in [0.05, 0.1) is 22.1 Å². The van der Waals surface area contributed by atoms with Crippen LogP contribution in [0.5, 0.6) is 0 Å². The standard InChI is InChI=1S/C66H64N2O2/c1-41-18-11-10-12-21-46(32-26-41)67(47-34-28-44(29-35-47)64(2,3)4)54-39-52-60(62-58(54)50-22-13-15-24-56(50)69-62)61-53(66(52,8)9)40-55(59-51-23-14-16-25-57(51)70-63(59)61)68(48-36-30-45(31-37-48)65(5,6)7)49-33-27-42-19-17-20-43(42)38-49/h13-16,21-40H,1,10-12,17-20H2,2-9H3/b32-26-,46-21+. The van der Waals surface area contributed by atoms with Gasteiger partial charge in [-0.25, -0.2) is 0 Å². The zero-order valence-corrected chi connectivity index (χ0v) is 42.2. The van der Waals surface area contributed by atoms with Crippen molar-refractivity contribution in [3.8, 4) is 11.1 Å². The molecule has 0 N–H and O–H groups in total. The van der Waals surface area contributed by atoms with Gasteiger partial charge in [0.15, 0.2) is 0 Å². The fraction of sp³-hybridized carbons (Fsp3) is 0.273. The summed E-state index contributed by atoms with van der Waals surface area (Å²) in [5, 5.41) is 4.39. The SMILES string of the molecule is C=C1/C=C\C(N(c2ccc(C(C)(C)C)cc2)c2cc3c(c4oc5ccccc5c24)-c2c(cc(N(c4ccc(C(C)(C)C)cc4)c4ccc5c(c4)CCC5)c4c2oc2ccccc24)C3(C)C)=C/CCCC1. The largest absolute Gasteiger partial charge is 0.455 e. The number of benzene rings is 7. The Morgan fingerprint density at radius 2 is 1.03 bits per heavy atom. The van der Waals surface area contributed by atoms with E-state index in [1.54, 1.807) is 0 Å². The van der Waals surface area contributed by atoms with Crippen LogP contribution in [0.15, 0.2) is 172 Å². The molecule has 2 heterocycles. The number of nitrogens with zero attached hydrogens (tertiary/aromatic N) is 2.